The summed E-state index contributed by atoms with van der Waals surface area (Å²) in [5.41, 5.74) is 1.26. The molecule has 1 fully saturated rings. The maximum Gasteiger partial charge on any atom is 0.494 e. The lowest BCUT2D eigenvalue weighted by Gasteiger charge is -2.32. The van der Waals surface area contributed by atoms with Crippen LogP contribution in [0, 0.1) is 0 Å². The second kappa shape index (κ2) is 6.04. The number of carbonyl (C=O) groups excluding carboxylic acids is 1. The first kappa shape index (κ1) is 16.7. The Hall–Kier alpha value is -2.18. The fourth-order valence-electron chi connectivity index (χ4n) is 2.39. The molecule has 3 rings (SSSR count). The van der Waals surface area contributed by atoms with Gasteiger partial charge < -0.3 is 14.6 Å². The Morgan fingerprint density at radius 3 is 2.17 bits per heavy atom. The number of rotatable bonds is 3. The van der Waals surface area contributed by atoms with Crippen molar-refractivity contribution in [1.82, 2.24) is 4.98 Å². The van der Waals surface area contributed by atoms with Crippen LogP contribution in [0.25, 0.3) is 0 Å². The highest BCUT2D eigenvalue weighted by Crippen LogP contribution is 2.36. The fraction of sp³-hybridized carbons (Fsp3) is 0.333. The Bertz CT molecular complexity index is 714. The molecule has 0 radical (unpaired) electrons. The Morgan fingerprint density at radius 2 is 1.62 bits per heavy atom. The van der Waals surface area contributed by atoms with E-state index < -0.39 is 7.12 Å². The van der Waals surface area contributed by atoms with Gasteiger partial charge in [0.2, 0.25) is 0 Å². The molecule has 0 spiro atoms. The zero-order valence-corrected chi connectivity index (χ0v) is 14.4. The van der Waals surface area contributed by atoms with Gasteiger partial charge in [0.15, 0.2) is 0 Å². The van der Waals surface area contributed by atoms with Crippen LogP contribution in [0.3, 0.4) is 0 Å². The van der Waals surface area contributed by atoms with Gasteiger partial charge in [-0.05, 0) is 57.4 Å². The van der Waals surface area contributed by atoms with Gasteiger partial charge >= 0.3 is 7.12 Å². The molecule has 0 atom stereocenters. The summed E-state index contributed by atoms with van der Waals surface area (Å²) in [5.74, 6) is -0.237. The molecule has 2 aromatic rings. The van der Waals surface area contributed by atoms with E-state index in [-0.39, 0.29) is 17.1 Å². The zero-order chi connectivity index (χ0) is 17.4. The zero-order valence-electron chi connectivity index (χ0n) is 14.4. The van der Waals surface area contributed by atoms with Crippen LogP contribution in [0.15, 0.2) is 48.7 Å². The highest BCUT2D eigenvalue weighted by atomic mass is 16.7. The summed E-state index contributed by atoms with van der Waals surface area (Å²) >= 11 is 0. The molecule has 0 unspecified atom stereocenters. The first-order valence-electron chi connectivity index (χ1n) is 7.96. The second-order valence-electron chi connectivity index (χ2n) is 6.88. The van der Waals surface area contributed by atoms with Gasteiger partial charge in [0.1, 0.15) is 5.69 Å². The topological polar surface area (TPSA) is 60.5 Å². The maximum atomic E-state index is 12.1. The monoisotopic (exact) mass is 324 g/mol. The summed E-state index contributed by atoms with van der Waals surface area (Å²) in [7, 11) is -0.407. The van der Waals surface area contributed by atoms with Gasteiger partial charge in [0.05, 0.1) is 11.2 Å². The molecule has 1 aliphatic heterocycles. The molecule has 124 valence electrons. The molecule has 1 N–H and O–H groups in total. The van der Waals surface area contributed by atoms with Crippen LogP contribution in [0.2, 0.25) is 0 Å². The predicted molar refractivity (Wildman–Crippen MR) is 94.3 cm³/mol. The lowest BCUT2D eigenvalue weighted by molar-refractivity contribution is 0.00578. The third kappa shape index (κ3) is 3.20. The SMILES string of the molecule is CC1(C)OB(c2ccc(NC(=O)c3ccccn3)cc2)OC1(C)C. The van der Waals surface area contributed by atoms with E-state index in [9.17, 15) is 4.79 Å². The summed E-state index contributed by atoms with van der Waals surface area (Å²) in [6.07, 6.45) is 1.59. The molecular weight excluding hydrogens is 303 g/mol. The first-order valence-corrected chi connectivity index (χ1v) is 7.96. The number of amides is 1. The standard InChI is InChI=1S/C18H21BN2O3/c1-17(2)18(3,4)24-19(23-17)13-8-10-14(11-9-13)21-16(22)15-7-5-6-12-20-15/h5-12H,1-4H3,(H,21,22). The molecule has 1 saturated heterocycles. The van der Waals surface area contributed by atoms with Crippen molar-refractivity contribution in [1.29, 1.82) is 0 Å². The Morgan fingerprint density at radius 1 is 1.00 bits per heavy atom. The summed E-state index contributed by atoms with van der Waals surface area (Å²) in [4.78, 5) is 16.1. The third-order valence-electron chi connectivity index (χ3n) is 4.59. The number of nitrogens with one attached hydrogen (secondary N) is 1. The summed E-state index contributed by atoms with van der Waals surface area (Å²) < 4.78 is 12.0. The van der Waals surface area contributed by atoms with Crippen molar-refractivity contribution in [3.8, 4) is 0 Å². The maximum absolute atomic E-state index is 12.1. The number of pyridine rings is 1. The number of aromatic nitrogens is 1. The Labute approximate surface area is 142 Å². The normalized spacial score (nSPS) is 18.4. The van der Waals surface area contributed by atoms with Gasteiger partial charge in [-0.2, -0.15) is 0 Å². The minimum absolute atomic E-state index is 0.237. The molecule has 2 heterocycles. The van der Waals surface area contributed by atoms with Gasteiger partial charge in [-0.25, -0.2) is 0 Å². The van der Waals surface area contributed by atoms with Crippen molar-refractivity contribution >= 4 is 24.2 Å². The quantitative estimate of drug-likeness (QED) is 0.882. The molecule has 0 saturated carbocycles. The largest absolute Gasteiger partial charge is 0.494 e. The van der Waals surface area contributed by atoms with E-state index in [2.05, 4.69) is 10.3 Å². The molecule has 5 nitrogen and oxygen atoms in total. The molecule has 6 heteroatoms. The smallest absolute Gasteiger partial charge is 0.399 e. The van der Waals surface area contributed by atoms with Gasteiger partial charge in [0, 0.05) is 11.9 Å². The van der Waals surface area contributed by atoms with E-state index in [1.165, 1.54) is 0 Å². The first-order chi connectivity index (χ1) is 11.3. The second-order valence-corrected chi connectivity index (χ2v) is 6.88. The average Bonchev–Trinajstić information content (AvgIpc) is 2.77. The lowest BCUT2D eigenvalue weighted by Crippen LogP contribution is -2.41. The molecule has 24 heavy (non-hydrogen) atoms. The number of nitrogens with zero attached hydrogens (tertiary/aromatic N) is 1. The summed E-state index contributed by atoms with van der Waals surface area (Å²) in [6.45, 7) is 8.09. The summed E-state index contributed by atoms with van der Waals surface area (Å²) in [5, 5.41) is 2.83. The predicted octanol–water partition coefficient (Wildman–Crippen LogP) is 2.63. The van der Waals surface area contributed by atoms with E-state index in [0.29, 0.717) is 11.4 Å². The van der Waals surface area contributed by atoms with Crippen molar-refractivity contribution in [3.63, 3.8) is 0 Å². The van der Waals surface area contributed by atoms with Crippen LogP contribution in [-0.2, 0) is 9.31 Å². The Balaban J connectivity index is 1.70. The van der Waals surface area contributed by atoms with E-state index in [0.717, 1.165) is 5.46 Å². The van der Waals surface area contributed by atoms with Gasteiger partial charge in [0.25, 0.3) is 5.91 Å². The van der Waals surface area contributed by atoms with Crippen molar-refractivity contribution in [2.45, 2.75) is 38.9 Å². The van der Waals surface area contributed by atoms with Crippen LogP contribution in [0.1, 0.15) is 38.2 Å². The van der Waals surface area contributed by atoms with E-state index in [1.807, 2.05) is 52.0 Å². The van der Waals surface area contributed by atoms with Gasteiger partial charge in [-0.1, -0.05) is 18.2 Å². The van der Waals surface area contributed by atoms with Crippen molar-refractivity contribution in [3.05, 3.63) is 54.4 Å². The van der Waals surface area contributed by atoms with Crippen molar-refractivity contribution in [2.75, 3.05) is 5.32 Å². The van der Waals surface area contributed by atoms with Crippen LogP contribution >= 0.6 is 0 Å². The lowest BCUT2D eigenvalue weighted by atomic mass is 9.79. The average molecular weight is 324 g/mol. The highest BCUT2D eigenvalue weighted by molar-refractivity contribution is 6.62. The number of hydrogen-bond donors (Lipinski definition) is 1. The van der Waals surface area contributed by atoms with Crippen molar-refractivity contribution < 1.29 is 14.1 Å². The van der Waals surface area contributed by atoms with Crippen LogP contribution < -0.4 is 10.8 Å². The number of hydrogen-bond acceptors (Lipinski definition) is 4. The Kier molecular flexibility index (Phi) is 4.19. The van der Waals surface area contributed by atoms with Crippen molar-refractivity contribution in [2.24, 2.45) is 0 Å². The molecule has 1 amide bonds. The minimum atomic E-state index is -0.407. The van der Waals surface area contributed by atoms with E-state index >= 15 is 0 Å². The van der Waals surface area contributed by atoms with Gasteiger partial charge in [-0.3, -0.25) is 9.78 Å². The van der Waals surface area contributed by atoms with E-state index in [1.54, 1.807) is 24.4 Å². The number of anilines is 1. The number of benzene rings is 1. The summed E-state index contributed by atoms with van der Waals surface area (Å²) in [6, 6.07) is 12.7. The molecule has 1 aromatic heterocycles. The van der Waals surface area contributed by atoms with E-state index in [4.69, 9.17) is 9.31 Å². The molecular formula is C18H21BN2O3. The molecule has 1 aromatic carbocycles. The molecule has 0 bridgehead atoms. The molecule has 0 aliphatic carbocycles. The number of carbonyl (C=O) groups is 1. The highest BCUT2D eigenvalue weighted by Gasteiger charge is 2.51. The third-order valence-corrected chi connectivity index (χ3v) is 4.59. The van der Waals surface area contributed by atoms with Crippen LogP contribution in [0.5, 0.6) is 0 Å². The van der Waals surface area contributed by atoms with Crippen LogP contribution in [0.4, 0.5) is 5.69 Å². The van der Waals surface area contributed by atoms with Gasteiger partial charge in [-0.15, -0.1) is 0 Å². The van der Waals surface area contributed by atoms with Crippen LogP contribution in [-0.4, -0.2) is 29.2 Å². The fourth-order valence-corrected chi connectivity index (χ4v) is 2.39. The minimum Gasteiger partial charge on any atom is -0.399 e. The molecule has 1 aliphatic rings.